The highest BCUT2D eigenvalue weighted by molar-refractivity contribution is 6.00. The summed E-state index contributed by atoms with van der Waals surface area (Å²) in [5.41, 5.74) is -1.71. The predicted molar refractivity (Wildman–Crippen MR) is 85.3 cm³/mol. The SMILES string of the molecule is COC(=O)C(C(=O)O)c1ccc([N+](=O)[O-])c(NC(=O)OC(C)(C)C)c1. The van der Waals surface area contributed by atoms with Crippen molar-refractivity contribution in [1.82, 2.24) is 0 Å². The number of carbonyl (C=O) groups is 3. The molecule has 1 atom stereocenters. The number of carbonyl (C=O) groups excluding carboxylic acids is 2. The minimum atomic E-state index is -1.69. The molecule has 0 aliphatic carbocycles. The number of ether oxygens (including phenoxy) is 2. The second-order valence-electron chi connectivity index (χ2n) is 5.95. The Kier molecular flexibility index (Phi) is 6.04. The van der Waals surface area contributed by atoms with E-state index in [2.05, 4.69) is 10.1 Å². The summed E-state index contributed by atoms with van der Waals surface area (Å²) in [7, 11) is 1.02. The van der Waals surface area contributed by atoms with Crippen LogP contribution in [0.2, 0.25) is 0 Å². The lowest BCUT2D eigenvalue weighted by molar-refractivity contribution is -0.383. The molecule has 0 radical (unpaired) electrons. The first-order chi connectivity index (χ1) is 11.5. The zero-order valence-corrected chi connectivity index (χ0v) is 14.1. The number of aliphatic carboxylic acids is 1. The van der Waals surface area contributed by atoms with Crippen LogP contribution in [-0.4, -0.2) is 40.8 Å². The molecular weight excluding hydrogens is 336 g/mol. The van der Waals surface area contributed by atoms with Crippen molar-refractivity contribution in [1.29, 1.82) is 0 Å². The average Bonchev–Trinajstić information content (AvgIpc) is 2.44. The molecule has 0 saturated heterocycles. The van der Waals surface area contributed by atoms with Crippen LogP contribution in [0.3, 0.4) is 0 Å². The summed E-state index contributed by atoms with van der Waals surface area (Å²) in [5.74, 6) is -4.24. The van der Waals surface area contributed by atoms with Gasteiger partial charge in [-0.3, -0.25) is 25.0 Å². The summed E-state index contributed by atoms with van der Waals surface area (Å²) < 4.78 is 9.44. The molecule has 0 spiro atoms. The van der Waals surface area contributed by atoms with Gasteiger partial charge in [0.05, 0.1) is 12.0 Å². The van der Waals surface area contributed by atoms with E-state index >= 15 is 0 Å². The Morgan fingerprint density at radius 1 is 1.28 bits per heavy atom. The number of carboxylic acid groups (broad SMARTS) is 1. The summed E-state index contributed by atoms with van der Waals surface area (Å²) in [6, 6.07) is 3.12. The van der Waals surface area contributed by atoms with Crippen molar-refractivity contribution >= 4 is 29.4 Å². The first-order valence-electron chi connectivity index (χ1n) is 7.05. The van der Waals surface area contributed by atoms with E-state index in [-0.39, 0.29) is 11.3 Å². The molecule has 1 amide bonds. The van der Waals surface area contributed by atoms with Crippen LogP contribution in [-0.2, 0) is 19.1 Å². The molecule has 25 heavy (non-hydrogen) atoms. The maximum Gasteiger partial charge on any atom is 0.412 e. The van der Waals surface area contributed by atoms with Gasteiger partial charge >= 0.3 is 18.0 Å². The van der Waals surface area contributed by atoms with Crippen LogP contribution in [0.4, 0.5) is 16.2 Å². The third-order valence-electron chi connectivity index (χ3n) is 2.87. The zero-order chi connectivity index (χ0) is 19.4. The summed E-state index contributed by atoms with van der Waals surface area (Å²) >= 11 is 0. The number of benzene rings is 1. The van der Waals surface area contributed by atoms with E-state index in [1.807, 2.05) is 0 Å². The van der Waals surface area contributed by atoms with Crippen molar-refractivity contribution in [2.24, 2.45) is 0 Å². The zero-order valence-electron chi connectivity index (χ0n) is 14.1. The standard InChI is InChI=1S/C15H18N2O8/c1-15(2,3)25-14(21)16-9-7-8(5-6-10(9)17(22)23)11(12(18)19)13(20)24-4/h5-7,11H,1-4H3,(H,16,21)(H,18,19). The fourth-order valence-corrected chi connectivity index (χ4v) is 1.90. The number of methoxy groups -OCH3 is 1. The van der Waals surface area contributed by atoms with Gasteiger partial charge in [-0.1, -0.05) is 6.07 Å². The molecule has 0 bridgehead atoms. The lowest BCUT2D eigenvalue weighted by Gasteiger charge is -2.20. The fourth-order valence-electron chi connectivity index (χ4n) is 1.90. The number of nitrogens with one attached hydrogen (secondary N) is 1. The fraction of sp³-hybridized carbons (Fsp3) is 0.400. The number of hydrogen-bond donors (Lipinski definition) is 2. The highest BCUT2D eigenvalue weighted by Crippen LogP contribution is 2.30. The van der Waals surface area contributed by atoms with Crippen molar-refractivity contribution in [2.75, 3.05) is 12.4 Å². The second kappa shape index (κ2) is 7.60. The Balaban J connectivity index is 3.29. The molecule has 2 N–H and O–H groups in total. The maximum absolute atomic E-state index is 11.8. The average molecular weight is 354 g/mol. The molecule has 0 aliphatic rings. The molecule has 1 rings (SSSR count). The van der Waals surface area contributed by atoms with Crippen LogP contribution in [0, 0.1) is 10.1 Å². The predicted octanol–water partition coefficient (Wildman–Crippen LogP) is 2.28. The Morgan fingerprint density at radius 2 is 1.88 bits per heavy atom. The van der Waals surface area contributed by atoms with Gasteiger partial charge in [0.25, 0.3) is 5.69 Å². The van der Waals surface area contributed by atoms with Crippen LogP contribution in [0.5, 0.6) is 0 Å². The number of nitro benzene ring substituents is 1. The molecule has 1 unspecified atom stereocenters. The van der Waals surface area contributed by atoms with Gasteiger partial charge < -0.3 is 14.6 Å². The van der Waals surface area contributed by atoms with Crippen LogP contribution < -0.4 is 5.32 Å². The number of rotatable bonds is 5. The first-order valence-corrected chi connectivity index (χ1v) is 7.05. The molecule has 0 aromatic heterocycles. The van der Waals surface area contributed by atoms with Crippen LogP contribution >= 0.6 is 0 Å². The first kappa shape index (κ1) is 19.9. The lowest BCUT2D eigenvalue weighted by atomic mass is 9.98. The summed E-state index contributed by atoms with van der Waals surface area (Å²) in [5, 5.41) is 22.5. The van der Waals surface area contributed by atoms with Gasteiger partial charge in [-0.15, -0.1) is 0 Å². The molecule has 0 saturated carbocycles. The van der Waals surface area contributed by atoms with E-state index in [9.17, 15) is 29.6 Å². The van der Waals surface area contributed by atoms with Crippen LogP contribution in [0.15, 0.2) is 18.2 Å². The molecule has 136 valence electrons. The number of carboxylic acids is 1. The van der Waals surface area contributed by atoms with Gasteiger partial charge in [0.15, 0.2) is 5.92 Å². The quantitative estimate of drug-likeness (QED) is 0.354. The summed E-state index contributed by atoms with van der Waals surface area (Å²) in [6.45, 7) is 4.82. The van der Waals surface area contributed by atoms with Gasteiger partial charge in [0.2, 0.25) is 0 Å². The van der Waals surface area contributed by atoms with Gasteiger partial charge in [-0.2, -0.15) is 0 Å². The summed E-state index contributed by atoms with van der Waals surface area (Å²) in [6.07, 6.45) is -0.960. The third kappa shape index (κ3) is 5.44. The van der Waals surface area contributed by atoms with Crippen molar-refractivity contribution < 1.29 is 33.9 Å². The Hall–Kier alpha value is -3.17. The second-order valence-corrected chi connectivity index (χ2v) is 5.95. The van der Waals surface area contributed by atoms with Gasteiger partial charge in [0.1, 0.15) is 11.3 Å². The minimum absolute atomic E-state index is 0.0870. The smallest absolute Gasteiger partial charge is 0.412 e. The van der Waals surface area contributed by atoms with Crippen LogP contribution in [0.1, 0.15) is 32.3 Å². The van der Waals surface area contributed by atoms with Crippen LogP contribution in [0.25, 0.3) is 0 Å². The Bertz CT molecular complexity index is 708. The molecule has 1 aromatic rings. The third-order valence-corrected chi connectivity index (χ3v) is 2.87. The largest absolute Gasteiger partial charge is 0.480 e. The number of nitro groups is 1. The molecule has 0 heterocycles. The van der Waals surface area contributed by atoms with Crippen molar-refractivity contribution in [2.45, 2.75) is 32.3 Å². The minimum Gasteiger partial charge on any atom is -0.480 e. The molecule has 0 aliphatic heterocycles. The van der Waals surface area contributed by atoms with E-state index in [0.29, 0.717) is 0 Å². The molecule has 1 aromatic carbocycles. The molecule has 0 fully saturated rings. The number of amides is 1. The number of anilines is 1. The highest BCUT2D eigenvalue weighted by atomic mass is 16.6. The number of hydrogen-bond acceptors (Lipinski definition) is 7. The Labute approximate surface area is 142 Å². The maximum atomic E-state index is 11.8. The lowest BCUT2D eigenvalue weighted by Crippen LogP contribution is -2.27. The van der Waals surface area contributed by atoms with E-state index in [4.69, 9.17) is 4.74 Å². The van der Waals surface area contributed by atoms with Crippen molar-refractivity contribution in [3.8, 4) is 0 Å². The number of esters is 1. The van der Waals surface area contributed by atoms with E-state index in [1.54, 1.807) is 20.8 Å². The topological polar surface area (TPSA) is 145 Å². The highest BCUT2D eigenvalue weighted by Gasteiger charge is 2.31. The monoisotopic (exact) mass is 354 g/mol. The van der Waals surface area contributed by atoms with E-state index in [1.165, 1.54) is 0 Å². The molecular formula is C15H18N2O8. The van der Waals surface area contributed by atoms with Gasteiger partial charge in [-0.05, 0) is 32.4 Å². The van der Waals surface area contributed by atoms with Gasteiger partial charge in [0, 0.05) is 6.07 Å². The van der Waals surface area contributed by atoms with Crippen molar-refractivity contribution in [3.63, 3.8) is 0 Å². The normalized spacial score (nSPS) is 12.0. The number of nitrogens with zero attached hydrogens (tertiary/aromatic N) is 1. The van der Waals surface area contributed by atoms with Crippen molar-refractivity contribution in [3.05, 3.63) is 33.9 Å². The molecule has 10 heteroatoms. The summed E-state index contributed by atoms with van der Waals surface area (Å²) in [4.78, 5) is 45.1. The van der Waals surface area contributed by atoms with Gasteiger partial charge in [-0.25, -0.2) is 4.79 Å². The molecule has 10 nitrogen and oxygen atoms in total. The van der Waals surface area contributed by atoms with E-state index < -0.39 is 40.2 Å². The van der Waals surface area contributed by atoms with E-state index in [0.717, 1.165) is 25.3 Å². The Morgan fingerprint density at radius 3 is 2.32 bits per heavy atom.